The lowest BCUT2D eigenvalue weighted by molar-refractivity contribution is -0.115. The highest BCUT2D eigenvalue weighted by molar-refractivity contribution is 8.00. The first kappa shape index (κ1) is 20.0. The van der Waals surface area contributed by atoms with Crippen LogP contribution in [0.2, 0.25) is 0 Å². The number of thioether (sulfide) groups is 1. The summed E-state index contributed by atoms with van der Waals surface area (Å²) in [4.78, 5) is 17.2. The minimum Gasteiger partial charge on any atom is -0.346 e. The van der Waals surface area contributed by atoms with Crippen LogP contribution in [0.4, 0.5) is 4.39 Å². The number of carbonyl (C=O) groups is 1. The number of benzene rings is 1. The fourth-order valence-electron chi connectivity index (χ4n) is 2.69. The summed E-state index contributed by atoms with van der Waals surface area (Å²) in [5.41, 5.74) is 3.31. The first-order chi connectivity index (χ1) is 13.6. The second-order valence-electron chi connectivity index (χ2n) is 5.73. The van der Waals surface area contributed by atoms with Crippen molar-refractivity contribution < 1.29 is 9.18 Å². The topological polar surface area (TPSA) is 59.8 Å². The molecule has 144 valence electrons. The third kappa shape index (κ3) is 4.23. The molecule has 5 nitrogen and oxygen atoms in total. The van der Waals surface area contributed by atoms with Crippen molar-refractivity contribution in [2.45, 2.75) is 17.8 Å². The number of halogens is 1. The summed E-state index contributed by atoms with van der Waals surface area (Å²) in [6.07, 6.45) is 6.95. The number of nitrogens with zero attached hydrogens (tertiary/aromatic N) is 3. The number of carbonyl (C=O) groups excluding carboxylic acids is 1. The van der Waals surface area contributed by atoms with Gasteiger partial charge in [-0.1, -0.05) is 24.4 Å². The summed E-state index contributed by atoms with van der Waals surface area (Å²) in [6.45, 7) is 5.99. The van der Waals surface area contributed by atoms with E-state index in [0.717, 1.165) is 10.0 Å². The van der Waals surface area contributed by atoms with Crippen molar-refractivity contribution in [2.24, 2.45) is 0 Å². The van der Waals surface area contributed by atoms with Gasteiger partial charge in [0, 0.05) is 16.5 Å². The number of nitrogens with one attached hydrogen (secondary N) is 1. The SMILES string of the molecule is C=Cc1c(/C(=C\C)C(=O)NCc2csc(SC)n2)cnn1-c1ccc(F)cc1. The van der Waals surface area contributed by atoms with E-state index in [0.29, 0.717) is 29.1 Å². The highest BCUT2D eigenvalue weighted by atomic mass is 32.2. The molecule has 1 amide bonds. The van der Waals surface area contributed by atoms with Crippen LogP contribution >= 0.6 is 23.1 Å². The van der Waals surface area contributed by atoms with E-state index >= 15 is 0 Å². The quantitative estimate of drug-likeness (QED) is 0.455. The lowest BCUT2D eigenvalue weighted by atomic mass is 10.1. The van der Waals surface area contributed by atoms with Crippen LogP contribution in [0, 0.1) is 5.82 Å². The maximum atomic E-state index is 13.2. The fraction of sp³-hybridized carbons (Fsp3) is 0.150. The fourth-order valence-corrected chi connectivity index (χ4v) is 3.97. The number of hydrogen-bond donors (Lipinski definition) is 1. The highest BCUT2D eigenvalue weighted by Crippen LogP contribution is 2.24. The molecule has 0 spiro atoms. The maximum Gasteiger partial charge on any atom is 0.252 e. The summed E-state index contributed by atoms with van der Waals surface area (Å²) >= 11 is 3.13. The standard InChI is InChI=1S/C20H19FN4OS2/c1-4-16(19(26)22-10-14-12-28-20(24-14)27-3)17-11-23-25(18(17)5-2)15-8-6-13(21)7-9-15/h4-9,11-12H,2,10H2,1,3H3,(H,22,26)/b16-4+. The predicted molar refractivity (Wildman–Crippen MR) is 113 cm³/mol. The summed E-state index contributed by atoms with van der Waals surface area (Å²) in [5.74, 6) is -0.542. The van der Waals surface area contributed by atoms with E-state index in [1.165, 1.54) is 12.1 Å². The Bertz CT molecular complexity index is 1020. The van der Waals surface area contributed by atoms with Crippen molar-refractivity contribution in [1.29, 1.82) is 0 Å². The first-order valence-corrected chi connectivity index (χ1v) is 10.6. The first-order valence-electron chi connectivity index (χ1n) is 8.47. The summed E-state index contributed by atoms with van der Waals surface area (Å²) < 4.78 is 15.8. The summed E-state index contributed by atoms with van der Waals surface area (Å²) in [6, 6.07) is 5.98. The van der Waals surface area contributed by atoms with E-state index in [1.807, 2.05) is 11.6 Å². The maximum absolute atomic E-state index is 13.2. The molecule has 2 aromatic heterocycles. The number of thiazole rings is 1. The van der Waals surface area contributed by atoms with E-state index in [-0.39, 0.29) is 11.7 Å². The summed E-state index contributed by atoms with van der Waals surface area (Å²) in [5, 5.41) is 9.19. The molecule has 1 aromatic carbocycles. The Morgan fingerprint density at radius 2 is 2.14 bits per heavy atom. The minimum atomic E-state index is -0.323. The Morgan fingerprint density at radius 3 is 2.75 bits per heavy atom. The van der Waals surface area contributed by atoms with E-state index in [9.17, 15) is 9.18 Å². The van der Waals surface area contributed by atoms with Gasteiger partial charge in [0.05, 0.1) is 29.8 Å². The van der Waals surface area contributed by atoms with Gasteiger partial charge in [-0.05, 0) is 43.5 Å². The zero-order valence-corrected chi connectivity index (χ0v) is 17.1. The third-order valence-electron chi connectivity index (χ3n) is 4.03. The van der Waals surface area contributed by atoms with Crippen LogP contribution in [0.25, 0.3) is 17.3 Å². The third-order valence-corrected chi connectivity index (χ3v) is 5.94. The Hall–Kier alpha value is -2.71. The Labute approximate surface area is 171 Å². The molecule has 8 heteroatoms. The van der Waals surface area contributed by atoms with Crippen LogP contribution in [0.1, 0.15) is 23.9 Å². The lowest BCUT2D eigenvalue weighted by Crippen LogP contribution is -2.24. The van der Waals surface area contributed by atoms with Gasteiger partial charge in [-0.3, -0.25) is 4.79 Å². The molecule has 0 aliphatic heterocycles. The van der Waals surface area contributed by atoms with Crippen molar-refractivity contribution in [3.8, 4) is 5.69 Å². The highest BCUT2D eigenvalue weighted by Gasteiger charge is 2.18. The van der Waals surface area contributed by atoms with Crippen molar-refractivity contribution in [3.05, 3.63) is 71.3 Å². The molecular weight excluding hydrogens is 395 g/mol. The molecule has 0 unspecified atom stereocenters. The molecule has 3 rings (SSSR count). The normalized spacial score (nSPS) is 11.5. The number of rotatable bonds is 7. The van der Waals surface area contributed by atoms with Crippen LogP contribution < -0.4 is 5.32 Å². The number of hydrogen-bond acceptors (Lipinski definition) is 5. The van der Waals surface area contributed by atoms with Gasteiger partial charge in [0.1, 0.15) is 10.2 Å². The molecular formula is C20H19FN4OS2. The van der Waals surface area contributed by atoms with E-state index < -0.39 is 0 Å². The second kappa shape index (κ2) is 8.99. The van der Waals surface area contributed by atoms with Gasteiger partial charge in [-0.2, -0.15) is 5.10 Å². The van der Waals surface area contributed by atoms with Gasteiger partial charge >= 0.3 is 0 Å². The molecule has 0 aliphatic rings. The van der Waals surface area contributed by atoms with Crippen LogP contribution in [-0.2, 0) is 11.3 Å². The zero-order chi connectivity index (χ0) is 20.1. The van der Waals surface area contributed by atoms with Crippen molar-refractivity contribution in [1.82, 2.24) is 20.1 Å². The molecule has 0 fully saturated rings. The van der Waals surface area contributed by atoms with Crippen LogP contribution in [0.3, 0.4) is 0 Å². The molecule has 2 heterocycles. The van der Waals surface area contributed by atoms with Crippen LogP contribution in [0.5, 0.6) is 0 Å². The van der Waals surface area contributed by atoms with Gasteiger partial charge in [0.2, 0.25) is 0 Å². The predicted octanol–water partition coefficient (Wildman–Crippen LogP) is 4.55. The Morgan fingerprint density at radius 1 is 1.39 bits per heavy atom. The monoisotopic (exact) mass is 414 g/mol. The van der Waals surface area contributed by atoms with Crippen LogP contribution in [-0.4, -0.2) is 26.9 Å². The van der Waals surface area contributed by atoms with Crippen molar-refractivity contribution in [3.63, 3.8) is 0 Å². The average molecular weight is 415 g/mol. The van der Waals surface area contributed by atoms with Gasteiger partial charge in [-0.25, -0.2) is 14.1 Å². The second-order valence-corrected chi connectivity index (χ2v) is 7.64. The molecule has 28 heavy (non-hydrogen) atoms. The Balaban J connectivity index is 1.82. The minimum absolute atomic E-state index is 0.219. The molecule has 1 N–H and O–H groups in total. The van der Waals surface area contributed by atoms with Gasteiger partial charge in [-0.15, -0.1) is 11.3 Å². The molecule has 0 radical (unpaired) electrons. The van der Waals surface area contributed by atoms with Crippen molar-refractivity contribution in [2.75, 3.05) is 6.26 Å². The van der Waals surface area contributed by atoms with Gasteiger partial charge in [0.25, 0.3) is 5.91 Å². The number of amides is 1. The van der Waals surface area contributed by atoms with Crippen LogP contribution in [0.15, 0.2) is 52.8 Å². The molecule has 0 atom stereocenters. The number of aromatic nitrogens is 3. The Kier molecular flexibility index (Phi) is 6.43. The smallest absolute Gasteiger partial charge is 0.252 e. The van der Waals surface area contributed by atoms with E-state index in [4.69, 9.17) is 0 Å². The average Bonchev–Trinajstić information content (AvgIpc) is 3.34. The van der Waals surface area contributed by atoms with Gasteiger partial charge in [0.15, 0.2) is 0 Å². The van der Waals surface area contributed by atoms with E-state index in [1.54, 1.807) is 65.2 Å². The number of allylic oxidation sites excluding steroid dienone is 1. The summed E-state index contributed by atoms with van der Waals surface area (Å²) in [7, 11) is 0. The molecule has 0 saturated heterocycles. The molecule has 0 bridgehead atoms. The van der Waals surface area contributed by atoms with Gasteiger partial charge < -0.3 is 5.32 Å². The zero-order valence-electron chi connectivity index (χ0n) is 15.5. The largest absolute Gasteiger partial charge is 0.346 e. The van der Waals surface area contributed by atoms with Crippen molar-refractivity contribution >= 4 is 40.7 Å². The molecule has 0 saturated carbocycles. The molecule has 3 aromatic rings. The molecule has 0 aliphatic carbocycles. The lowest BCUT2D eigenvalue weighted by Gasteiger charge is -2.09. The van der Waals surface area contributed by atoms with E-state index in [2.05, 4.69) is 22.0 Å².